The number of ether oxygens (including phenoxy) is 2. The highest BCUT2D eigenvalue weighted by Crippen LogP contribution is 2.36. The van der Waals surface area contributed by atoms with E-state index < -0.39 is 27.9 Å². The van der Waals surface area contributed by atoms with Crippen molar-refractivity contribution in [3.8, 4) is 0 Å². The van der Waals surface area contributed by atoms with Crippen LogP contribution in [0.3, 0.4) is 0 Å². The number of fused-ring (bicyclic) bond motifs is 1. The summed E-state index contributed by atoms with van der Waals surface area (Å²) in [5, 5.41) is 12.6. The number of nitrogens with one attached hydrogen (secondary N) is 1. The van der Waals surface area contributed by atoms with Gasteiger partial charge in [0.05, 0.1) is 45.7 Å². The Balaban J connectivity index is 1.36. The summed E-state index contributed by atoms with van der Waals surface area (Å²) in [5.74, 6) is -1.88. The first-order valence-corrected chi connectivity index (χ1v) is 17.7. The van der Waals surface area contributed by atoms with Crippen LogP contribution >= 0.6 is 11.3 Å². The summed E-state index contributed by atoms with van der Waals surface area (Å²) in [6.45, 7) is 2.51. The van der Waals surface area contributed by atoms with Gasteiger partial charge in [-0.3, -0.25) is 9.59 Å². The fourth-order valence-electron chi connectivity index (χ4n) is 6.05. The fourth-order valence-corrected chi connectivity index (χ4v) is 8.43. The van der Waals surface area contributed by atoms with E-state index in [-0.39, 0.29) is 43.0 Å². The summed E-state index contributed by atoms with van der Waals surface area (Å²) in [5.41, 5.74) is 1.76. The van der Waals surface area contributed by atoms with Gasteiger partial charge in [-0.25, -0.2) is 18.2 Å². The van der Waals surface area contributed by atoms with E-state index in [1.807, 2.05) is 0 Å². The Kier molecular flexibility index (Phi) is 10.9. The SMILES string of the molecule is CCOC(=O)c1ccc2nc(NC(=O)C(CC3CCCC3)c3ccc(S(=O)(=O)N(CCC(=O)O)CC4CCCO4)cc3)sc2c1. The van der Waals surface area contributed by atoms with Crippen LogP contribution in [0.1, 0.15) is 80.1 Å². The van der Waals surface area contributed by atoms with E-state index in [1.54, 1.807) is 37.3 Å². The summed E-state index contributed by atoms with van der Waals surface area (Å²) < 4.78 is 39.9. The molecule has 1 aliphatic heterocycles. The molecule has 242 valence electrons. The number of carboxylic acid groups (broad SMARTS) is 1. The van der Waals surface area contributed by atoms with Crippen molar-refractivity contribution in [2.45, 2.75) is 75.2 Å². The van der Waals surface area contributed by atoms with Gasteiger partial charge in [0.2, 0.25) is 15.9 Å². The zero-order valence-electron chi connectivity index (χ0n) is 25.3. The summed E-state index contributed by atoms with van der Waals surface area (Å²) in [6, 6.07) is 11.4. The molecule has 0 spiro atoms. The van der Waals surface area contributed by atoms with Crippen LogP contribution in [0.25, 0.3) is 10.2 Å². The molecule has 1 aromatic heterocycles. The van der Waals surface area contributed by atoms with Crippen molar-refractivity contribution in [1.29, 1.82) is 0 Å². The van der Waals surface area contributed by atoms with Crippen LogP contribution in [0.15, 0.2) is 47.4 Å². The van der Waals surface area contributed by atoms with Crippen molar-refractivity contribution in [3.05, 3.63) is 53.6 Å². The predicted octanol–water partition coefficient (Wildman–Crippen LogP) is 5.42. The number of carbonyl (C=O) groups excluding carboxylic acids is 2. The molecule has 2 unspecified atom stereocenters. The van der Waals surface area contributed by atoms with Crippen LogP contribution in [-0.2, 0) is 29.1 Å². The number of aromatic nitrogens is 1. The van der Waals surface area contributed by atoms with E-state index in [0.717, 1.165) is 43.2 Å². The molecule has 2 N–H and O–H groups in total. The number of carbonyl (C=O) groups is 3. The molecule has 1 amide bonds. The van der Waals surface area contributed by atoms with Gasteiger partial charge in [-0.2, -0.15) is 4.31 Å². The zero-order chi connectivity index (χ0) is 32.0. The summed E-state index contributed by atoms with van der Waals surface area (Å²) >= 11 is 1.27. The molecule has 2 atom stereocenters. The first-order valence-electron chi connectivity index (χ1n) is 15.5. The van der Waals surface area contributed by atoms with E-state index in [0.29, 0.717) is 40.7 Å². The lowest BCUT2D eigenvalue weighted by Gasteiger charge is -2.25. The number of carboxylic acids is 1. The average Bonchev–Trinajstić information content (AvgIpc) is 3.80. The quantitative estimate of drug-likeness (QED) is 0.217. The number of thiazole rings is 1. The Morgan fingerprint density at radius 1 is 1.11 bits per heavy atom. The molecule has 5 rings (SSSR count). The van der Waals surface area contributed by atoms with Crippen molar-refractivity contribution in [2.75, 3.05) is 31.6 Å². The number of aliphatic carboxylic acids is 1. The van der Waals surface area contributed by atoms with Gasteiger partial charge in [-0.1, -0.05) is 49.2 Å². The van der Waals surface area contributed by atoms with Crippen LogP contribution in [0.2, 0.25) is 0 Å². The summed E-state index contributed by atoms with van der Waals surface area (Å²) in [7, 11) is -4.00. The third kappa shape index (κ3) is 8.26. The number of amides is 1. The number of sulfonamides is 1. The minimum absolute atomic E-state index is 0.0400. The molecular formula is C32H39N3O8S2. The van der Waals surface area contributed by atoms with Crippen LogP contribution in [0, 0.1) is 5.92 Å². The number of rotatable bonds is 14. The Hall–Kier alpha value is -3.39. The Bertz CT molecular complexity index is 1610. The normalized spacial score (nSPS) is 18.0. The largest absolute Gasteiger partial charge is 0.481 e. The maximum absolute atomic E-state index is 13.8. The molecule has 1 aliphatic carbocycles. The third-order valence-electron chi connectivity index (χ3n) is 8.42. The average molecular weight is 658 g/mol. The minimum atomic E-state index is -4.00. The zero-order valence-corrected chi connectivity index (χ0v) is 26.9. The van der Waals surface area contributed by atoms with Gasteiger partial charge in [0.15, 0.2) is 5.13 Å². The highest BCUT2D eigenvalue weighted by atomic mass is 32.2. The van der Waals surface area contributed by atoms with E-state index in [1.165, 1.54) is 27.8 Å². The topological polar surface area (TPSA) is 152 Å². The van der Waals surface area contributed by atoms with Gasteiger partial charge >= 0.3 is 11.9 Å². The van der Waals surface area contributed by atoms with E-state index in [9.17, 15) is 27.9 Å². The highest BCUT2D eigenvalue weighted by molar-refractivity contribution is 7.89. The molecule has 0 bridgehead atoms. The molecule has 3 aromatic rings. The van der Waals surface area contributed by atoms with Gasteiger partial charge in [0.1, 0.15) is 0 Å². The number of benzene rings is 2. The van der Waals surface area contributed by atoms with Crippen molar-refractivity contribution in [2.24, 2.45) is 5.92 Å². The number of nitrogens with zero attached hydrogens (tertiary/aromatic N) is 2. The lowest BCUT2D eigenvalue weighted by atomic mass is 9.87. The third-order valence-corrected chi connectivity index (χ3v) is 11.2. The maximum atomic E-state index is 13.8. The van der Waals surface area contributed by atoms with Gasteiger partial charge in [0, 0.05) is 19.7 Å². The maximum Gasteiger partial charge on any atom is 0.338 e. The number of hydrogen-bond acceptors (Lipinski definition) is 9. The van der Waals surface area contributed by atoms with Crippen molar-refractivity contribution in [3.63, 3.8) is 0 Å². The predicted molar refractivity (Wildman–Crippen MR) is 170 cm³/mol. The fraction of sp³-hybridized carbons (Fsp3) is 0.500. The molecule has 2 aliphatic rings. The molecule has 2 aromatic carbocycles. The Morgan fingerprint density at radius 2 is 1.87 bits per heavy atom. The smallest absolute Gasteiger partial charge is 0.338 e. The molecule has 45 heavy (non-hydrogen) atoms. The molecule has 1 saturated heterocycles. The van der Waals surface area contributed by atoms with Crippen LogP contribution in [-0.4, -0.2) is 73.1 Å². The molecule has 2 fully saturated rings. The lowest BCUT2D eigenvalue weighted by molar-refractivity contribution is -0.137. The number of esters is 1. The molecular weight excluding hydrogens is 618 g/mol. The Morgan fingerprint density at radius 3 is 2.53 bits per heavy atom. The van der Waals surface area contributed by atoms with Crippen LogP contribution < -0.4 is 5.32 Å². The molecule has 11 nitrogen and oxygen atoms in total. The summed E-state index contributed by atoms with van der Waals surface area (Å²) in [6.07, 6.45) is 5.90. The van der Waals surface area contributed by atoms with Crippen molar-refractivity contribution >= 4 is 54.6 Å². The first-order chi connectivity index (χ1) is 21.6. The molecule has 1 saturated carbocycles. The van der Waals surface area contributed by atoms with Crippen LogP contribution in [0.4, 0.5) is 5.13 Å². The number of hydrogen-bond donors (Lipinski definition) is 2. The van der Waals surface area contributed by atoms with Gasteiger partial charge in [0.25, 0.3) is 0 Å². The minimum Gasteiger partial charge on any atom is -0.481 e. The van der Waals surface area contributed by atoms with Crippen molar-refractivity contribution < 1.29 is 37.4 Å². The van der Waals surface area contributed by atoms with Gasteiger partial charge < -0.3 is 19.9 Å². The highest BCUT2D eigenvalue weighted by Gasteiger charge is 2.31. The monoisotopic (exact) mass is 657 g/mol. The second-order valence-corrected chi connectivity index (χ2v) is 14.5. The van der Waals surface area contributed by atoms with E-state index in [4.69, 9.17) is 9.47 Å². The van der Waals surface area contributed by atoms with E-state index >= 15 is 0 Å². The Labute approximate surface area is 267 Å². The molecule has 13 heteroatoms. The lowest BCUT2D eigenvalue weighted by Crippen LogP contribution is -2.38. The van der Waals surface area contributed by atoms with Gasteiger partial charge in [-0.05, 0) is 68.0 Å². The van der Waals surface area contributed by atoms with Crippen LogP contribution in [0.5, 0.6) is 0 Å². The van der Waals surface area contributed by atoms with E-state index in [2.05, 4.69) is 10.3 Å². The number of anilines is 1. The molecule has 2 heterocycles. The summed E-state index contributed by atoms with van der Waals surface area (Å²) in [4.78, 5) is 41.8. The second kappa shape index (κ2) is 14.8. The molecule has 0 radical (unpaired) electrons. The second-order valence-electron chi connectivity index (χ2n) is 11.6. The standard InChI is InChI=1S/C32H39N3O8S2/c1-2-42-31(39)23-11-14-27-28(19-23)44-32(33-27)34-30(38)26(18-21-6-3-4-7-21)22-9-12-25(13-10-22)45(40,41)35(16-15-29(36)37)20-24-8-5-17-43-24/h9-14,19,21,24,26H,2-8,15-18,20H2,1H3,(H,36,37)(H,33,34,38). The van der Waals surface area contributed by atoms with Crippen molar-refractivity contribution in [1.82, 2.24) is 9.29 Å². The first kappa shape index (κ1) is 33.0. The van der Waals surface area contributed by atoms with Gasteiger partial charge in [-0.15, -0.1) is 0 Å².